The van der Waals surface area contributed by atoms with Gasteiger partial charge >= 0.3 is 5.97 Å². The highest BCUT2D eigenvalue weighted by Gasteiger charge is 2.13. The van der Waals surface area contributed by atoms with Gasteiger partial charge in [0.05, 0.1) is 13.7 Å². The second kappa shape index (κ2) is 4.95. The highest BCUT2D eigenvalue weighted by Crippen LogP contribution is 2.10. The molecule has 1 rings (SSSR count). The van der Waals surface area contributed by atoms with E-state index in [4.69, 9.17) is 10.8 Å². The Morgan fingerprint density at radius 2 is 2.40 bits per heavy atom. The Labute approximate surface area is 88.4 Å². The summed E-state index contributed by atoms with van der Waals surface area (Å²) in [5.74, 6) is -0.374. The molecule has 0 amide bonds. The third-order valence-electron chi connectivity index (χ3n) is 2.19. The number of rotatable bonds is 4. The number of methoxy groups -OCH3 is 1. The van der Waals surface area contributed by atoms with Crippen LogP contribution in [0.15, 0.2) is 12.3 Å². The van der Waals surface area contributed by atoms with Gasteiger partial charge in [-0.05, 0) is 18.1 Å². The minimum absolute atomic E-state index is 0.0670. The molecule has 1 aromatic rings. The van der Waals surface area contributed by atoms with Gasteiger partial charge in [-0.25, -0.2) is 4.79 Å². The summed E-state index contributed by atoms with van der Waals surface area (Å²) in [5, 5.41) is 8.80. The molecular formula is C10H16N2O3. The van der Waals surface area contributed by atoms with Gasteiger partial charge in [0.15, 0.2) is 0 Å². The normalized spacial score (nSPS) is 12.5. The number of carbonyl (C=O) groups excluding carboxylic acids is 1. The highest BCUT2D eigenvalue weighted by atomic mass is 16.5. The van der Waals surface area contributed by atoms with Gasteiger partial charge in [-0.3, -0.25) is 0 Å². The number of ether oxygens (including phenoxy) is 1. The zero-order chi connectivity index (χ0) is 11.4. The Kier molecular flexibility index (Phi) is 3.88. The van der Waals surface area contributed by atoms with E-state index in [0.717, 1.165) is 5.56 Å². The van der Waals surface area contributed by atoms with Crippen LogP contribution in [0, 0.1) is 0 Å². The fourth-order valence-corrected chi connectivity index (χ4v) is 1.42. The Balaban J connectivity index is 2.81. The van der Waals surface area contributed by atoms with Crippen LogP contribution in [-0.4, -0.2) is 35.4 Å². The van der Waals surface area contributed by atoms with Crippen LogP contribution in [0.2, 0.25) is 0 Å². The first-order valence-corrected chi connectivity index (χ1v) is 4.68. The first-order chi connectivity index (χ1) is 7.08. The number of aromatic nitrogens is 1. The molecule has 5 heteroatoms. The molecule has 0 spiro atoms. The number of aliphatic hydroxyl groups excluding tert-OH is 1. The van der Waals surface area contributed by atoms with E-state index < -0.39 is 0 Å². The van der Waals surface area contributed by atoms with Gasteiger partial charge in [0, 0.05) is 19.3 Å². The van der Waals surface area contributed by atoms with E-state index in [1.54, 1.807) is 17.7 Å². The van der Waals surface area contributed by atoms with E-state index >= 15 is 0 Å². The van der Waals surface area contributed by atoms with Gasteiger partial charge in [-0.2, -0.15) is 0 Å². The predicted molar refractivity (Wildman–Crippen MR) is 55.5 cm³/mol. The number of nitrogens with two attached hydrogens (primary N) is 1. The van der Waals surface area contributed by atoms with Gasteiger partial charge in [0.25, 0.3) is 0 Å². The molecule has 0 saturated heterocycles. The van der Waals surface area contributed by atoms with E-state index in [9.17, 15) is 4.79 Å². The van der Waals surface area contributed by atoms with Crippen LogP contribution in [0.1, 0.15) is 16.1 Å². The smallest absolute Gasteiger partial charge is 0.354 e. The van der Waals surface area contributed by atoms with E-state index in [1.165, 1.54) is 7.11 Å². The molecule has 1 aromatic heterocycles. The summed E-state index contributed by atoms with van der Waals surface area (Å²) in [6.45, 7) is -0.0670. The molecule has 84 valence electrons. The van der Waals surface area contributed by atoms with Crippen LogP contribution < -0.4 is 5.73 Å². The van der Waals surface area contributed by atoms with E-state index in [2.05, 4.69) is 4.74 Å². The Morgan fingerprint density at radius 1 is 1.73 bits per heavy atom. The Hall–Kier alpha value is -1.33. The SMILES string of the molecule is COC(=O)c1cc(CC(N)CO)cn1C. The second-order valence-corrected chi connectivity index (χ2v) is 3.48. The molecule has 0 aliphatic heterocycles. The molecule has 0 aromatic carbocycles. The molecule has 0 aliphatic carbocycles. The summed E-state index contributed by atoms with van der Waals surface area (Å²) in [7, 11) is 3.11. The Bertz CT molecular complexity index is 346. The lowest BCUT2D eigenvalue weighted by Gasteiger charge is -2.04. The molecule has 0 aliphatic rings. The lowest BCUT2D eigenvalue weighted by molar-refractivity contribution is 0.0590. The van der Waals surface area contributed by atoms with E-state index in [-0.39, 0.29) is 18.6 Å². The number of nitrogens with zero attached hydrogens (tertiary/aromatic N) is 1. The quantitative estimate of drug-likeness (QED) is 0.670. The van der Waals surface area contributed by atoms with Crippen LogP contribution in [0.5, 0.6) is 0 Å². The lowest BCUT2D eigenvalue weighted by Crippen LogP contribution is -2.26. The number of esters is 1. The molecule has 3 N–H and O–H groups in total. The van der Waals surface area contributed by atoms with Gasteiger partial charge in [-0.15, -0.1) is 0 Å². The van der Waals surface area contributed by atoms with Crippen LogP contribution in [0.4, 0.5) is 0 Å². The molecule has 0 radical (unpaired) electrons. The zero-order valence-electron chi connectivity index (χ0n) is 8.93. The van der Waals surface area contributed by atoms with E-state index in [0.29, 0.717) is 12.1 Å². The third-order valence-corrected chi connectivity index (χ3v) is 2.19. The first kappa shape index (κ1) is 11.7. The molecule has 5 nitrogen and oxygen atoms in total. The molecule has 0 fully saturated rings. The predicted octanol–water partition coefficient (Wildman–Crippen LogP) is -0.326. The fourth-order valence-electron chi connectivity index (χ4n) is 1.42. The summed E-state index contributed by atoms with van der Waals surface area (Å²) in [6.07, 6.45) is 2.35. The van der Waals surface area contributed by atoms with Crippen LogP contribution in [0.3, 0.4) is 0 Å². The average molecular weight is 212 g/mol. The fraction of sp³-hybridized carbons (Fsp3) is 0.500. The maximum Gasteiger partial charge on any atom is 0.354 e. The lowest BCUT2D eigenvalue weighted by atomic mass is 10.1. The summed E-state index contributed by atoms with van der Waals surface area (Å²) in [5.41, 5.74) is 7.00. The molecule has 0 saturated carbocycles. The largest absolute Gasteiger partial charge is 0.464 e. The van der Waals surface area contributed by atoms with Crippen molar-refractivity contribution in [2.45, 2.75) is 12.5 Å². The Morgan fingerprint density at radius 3 is 2.93 bits per heavy atom. The van der Waals surface area contributed by atoms with Crippen molar-refractivity contribution >= 4 is 5.97 Å². The molecule has 1 unspecified atom stereocenters. The van der Waals surface area contributed by atoms with Crippen molar-refractivity contribution in [2.75, 3.05) is 13.7 Å². The second-order valence-electron chi connectivity index (χ2n) is 3.48. The van der Waals surface area contributed by atoms with Gasteiger partial charge < -0.3 is 20.1 Å². The molecule has 1 heterocycles. The number of aryl methyl sites for hydroxylation is 1. The maximum atomic E-state index is 11.3. The minimum atomic E-state index is -0.374. The van der Waals surface area contributed by atoms with Crippen molar-refractivity contribution in [1.82, 2.24) is 4.57 Å². The van der Waals surface area contributed by atoms with Crippen molar-refractivity contribution in [3.8, 4) is 0 Å². The van der Waals surface area contributed by atoms with Crippen molar-refractivity contribution in [3.63, 3.8) is 0 Å². The minimum Gasteiger partial charge on any atom is -0.464 e. The highest BCUT2D eigenvalue weighted by molar-refractivity contribution is 5.87. The van der Waals surface area contributed by atoms with Crippen LogP contribution in [0.25, 0.3) is 0 Å². The topological polar surface area (TPSA) is 77.5 Å². The van der Waals surface area contributed by atoms with Crippen LogP contribution >= 0.6 is 0 Å². The molecule has 1 atom stereocenters. The summed E-state index contributed by atoms with van der Waals surface area (Å²) in [6, 6.07) is 1.43. The average Bonchev–Trinajstić information content (AvgIpc) is 2.58. The number of aliphatic hydroxyl groups is 1. The molecule has 0 bridgehead atoms. The third kappa shape index (κ3) is 2.81. The monoisotopic (exact) mass is 212 g/mol. The first-order valence-electron chi connectivity index (χ1n) is 4.68. The zero-order valence-corrected chi connectivity index (χ0v) is 8.93. The summed E-state index contributed by atoms with van der Waals surface area (Å²) in [4.78, 5) is 11.3. The van der Waals surface area contributed by atoms with E-state index in [1.807, 2.05) is 6.20 Å². The van der Waals surface area contributed by atoms with Gasteiger partial charge in [-0.1, -0.05) is 0 Å². The number of hydrogen-bond donors (Lipinski definition) is 2. The van der Waals surface area contributed by atoms with Crippen molar-refractivity contribution in [1.29, 1.82) is 0 Å². The standard InChI is InChI=1S/C10H16N2O3/c1-12-5-7(3-8(11)6-13)4-9(12)10(14)15-2/h4-5,8,13H,3,6,11H2,1-2H3. The maximum absolute atomic E-state index is 11.3. The molecule has 15 heavy (non-hydrogen) atoms. The summed E-state index contributed by atoms with van der Waals surface area (Å²) >= 11 is 0. The van der Waals surface area contributed by atoms with Crippen LogP contribution in [-0.2, 0) is 18.2 Å². The van der Waals surface area contributed by atoms with Gasteiger partial charge in [0.2, 0.25) is 0 Å². The molecular weight excluding hydrogens is 196 g/mol. The van der Waals surface area contributed by atoms with Crippen molar-refractivity contribution in [2.24, 2.45) is 12.8 Å². The number of hydrogen-bond acceptors (Lipinski definition) is 4. The van der Waals surface area contributed by atoms with Crippen molar-refractivity contribution < 1.29 is 14.6 Å². The van der Waals surface area contributed by atoms with Gasteiger partial charge in [0.1, 0.15) is 5.69 Å². The van der Waals surface area contributed by atoms with Crippen molar-refractivity contribution in [3.05, 3.63) is 23.5 Å². The number of carbonyl (C=O) groups is 1. The summed E-state index contributed by atoms with van der Waals surface area (Å²) < 4.78 is 6.31.